The van der Waals surface area contributed by atoms with Gasteiger partial charge >= 0.3 is 0 Å². The highest BCUT2D eigenvalue weighted by Crippen LogP contribution is 2.41. The summed E-state index contributed by atoms with van der Waals surface area (Å²) in [6.07, 6.45) is 1.65. The maximum Gasteiger partial charge on any atom is 0.241 e. The summed E-state index contributed by atoms with van der Waals surface area (Å²) in [5.41, 5.74) is 2.78. The second-order valence-electron chi connectivity index (χ2n) is 10.2. The van der Waals surface area contributed by atoms with E-state index in [2.05, 4.69) is 10.6 Å². The number of carbonyl (C=O) groups excluding carboxylic acids is 2. The maximum atomic E-state index is 13.4. The van der Waals surface area contributed by atoms with Gasteiger partial charge in [0.25, 0.3) is 0 Å². The predicted molar refractivity (Wildman–Crippen MR) is 148 cm³/mol. The van der Waals surface area contributed by atoms with Gasteiger partial charge in [-0.1, -0.05) is 74.3 Å². The lowest BCUT2D eigenvalue weighted by molar-refractivity contribution is -0.117. The van der Waals surface area contributed by atoms with Gasteiger partial charge in [-0.2, -0.15) is 0 Å². The molecule has 1 saturated heterocycles. The quantitative estimate of drug-likeness (QED) is 0.260. The van der Waals surface area contributed by atoms with Crippen molar-refractivity contribution in [2.75, 3.05) is 11.9 Å². The molecule has 5 rings (SSSR count). The summed E-state index contributed by atoms with van der Waals surface area (Å²) in [6.45, 7) is 6.22. The number of halogens is 2. The summed E-state index contributed by atoms with van der Waals surface area (Å²) in [6, 6.07) is 16.4. The van der Waals surface area contributed by atoms with E-state index in [1.165, 1.54) is 0 Å². The first-order valence-electron chi connectivity index (χ1n) is 12.2. The number of fused-ring (bicyclic) bond motifs is 1. The SMILES string of the molecule is CC(C)(C)C(=O)c1oc2nc(-c3ccccc3Cl)c(-c3ccc(Cl)cc3)cc2c1NC(=O)[C@@H]1CCCN1. The standard InChI is InChI=1S/C29H27Cl2N3O3/c1-29(2,3)26(35)25-24(33-27(36)22-9-6-14-32-22)20-15-19(16-10-12-17(30)13-11-16)23(34-28(20)37-25)18-7-4-5-8-21(18)31/h4-5,7-8,10-13,15,22,32H,6,9,14H2,1-3H3,(H,33,36)/t22-/m0/s1. The molecule has 1 amide bonds. The topological polar surface area (TPSA) is 84.2 Å². The van der Waals surface area contributed by atoms with Crippen molar-refractivity contribution in [1.29, 1.82) is 0 Å². The number of carbonyl (C=O) groups is 2. The number of benzene rings is 2. The second kappa shape index (κ2) is 9.93. The molecule has 2 aromatic heterocycles. The van der Waals surface area contributed by atoms with Crippen LogP contribution in [-0.2, 0) is 4.79 Å². The zero-order valence-corrected chi connectivity index (χ0v) is 22.3. The van der Waals surface area contributed by atoms with E-state index < -0.39 is 5.41 Å². The van der Waals surface area contributed by atoms with Gasteiger partial charge < -0.3 is 15.1 Å². The number of hydrogen-bond acceptors (Lipinski definition) is 5. The Hall–Kier alpha value is -3.19. The number of hydrogen-bond donors (Lipinski definition) is 2. The van der Waals surface area contributed by atoms with Crippen LogP contribution in [0.2, 0.25) is 10.0 Å². The van der Waals surface area contributed by atoms with Crippen LogP contribution in [0.1, 0.15) is 44.2 Å². The van der Waals surface area contributed by atoms with Crippen LogP contribution < -0.4 is 10.6 Å². The van der Waals surface area contributed by atoms with E-state index in [0.717, 1.165) is 36.1 Å². The normalized spacial score (nSPS) is 15.8. The van der Waals surface area contributed by atoms with Crippen LogP contribution in [-0.4, -0.2) is 29.3 Å². The fourth-order valence-electron chi connectivity index (χ4n) is 4.47. The molecule has 0 radical (unpaired) electrons. The van der Waals surface area contributed by atoms with Gasteiger partial charge in [-0.15, -0.1) is 0 Å². The summed E-state index contributed by atoms with van der Waals surface area (Å²) in [4.78, 5) is 31.4. The van der Waals surface area contributed by atoms with Crippen LogP contribution >= 0.6 is 23.2 Å². The second-order valence-corrected chi connectivity index (χ2v) is 11.1. The molecule has 1 aliphatic rings. The zero-order chi connectivity index (χ0) is 26.3. The third-order valence-corrected chi connectivity index (χ3v) is 7.06. The van der Waals surface area contributed by atoms with Crippen molar-refractivity contribution < 1.29 is 14.0 Å². The summed E-state index contributed by atoms with van der Waals surface area (Å²) in [5, 5.41) is 7.87. The van der Waals surface area contributed by atoms with Crippen molar-refractivity contribution >= 4 is 51.7 Å². The molecule has 6 nitrogen and oxygen atoms in total. The molecule has 0 spiro atoms. The average Bonchev–Trinajstić information content (AvgIpc) is 3.52. The molecule has 0 unspecified atom stereocenters. The monoisotopic (exact) mass is 535 g/mol. The fourth-order valence-corrected chi connectivity index (χ4v) is 4.83. The molecule has 0 saturated carbocycles. The lowest BCUT2D eigenvalue weighted by Crippen LogP contribution is -2.36. The Kier molecular flexibility index (Phi) is 6.84. The van der Waals surface area contributed by atoms with Gasteiger partial charge in [0.05, 0.1) is 17.1 Å². The van der Waals surface area contributed by atoms with Crippen LogP contribution in [0.15, 0.2) is 59.0 Å². The summed E-state index contributed by atoms with van der Waals surface area (Å²) in [7, 11) is 0. The van der Waals surface area contributed by atoms with E-state index in [0.29, 0.717) is 26.8 Å². The minimum absolute atomic E-state index is 0.0831. The molecule has 8 heteroatoms. The molecule has 2 N–H and O–H groups in total. The molecule has 2 aromatic carbocycles. The molecule has 1 atom stereocenters. The number of furan rings is 1. The smallest absolute Gasteiger partial charge is 0.241 e. The van der Waals surface area contributed by atoms with E-state index in [1.807, 2.05) is 57.2 Å². The predicted octanol–water partition coefficient (Wildman–Crippen LogP) is 7.39. The molecule has 37 heavy (non-hydrogen) atoms. The number of rotatable bonds is 5. The summed E-state index contributed by atoms with van der Waals surface area (Å²) < 4.78 is 6.10. The molecule has 190 valence electrons. The number of aromatic nitrogens is 1. The molecule has 1 aliphatic heterocycles. The Bertz CT molecular complexity index is 1500. The molecule has 0 aliphatic carbocycles. The first-order valence-corrected chi connectivity index (χ1v) is 13.0. The number of Topliss-reactive ketones (excluding diaryl/α,β-unsaturated/α-hetero) is 1. The van der Waals surface area contributed by atoms with Crippen LogP contribution in [0.5, 0.6) is 0 Å². The van der Waals surface area contributed by atoms with Crippen LogP contribution in [0, 0.1) is 5.41 Å². The van der Waals surface area contributed by atoms with Crippen LogP contribution in [0.4, 0.5) is 5.69 Å². The van der Waals surface area contributed by atoms with E-state index >= 15 is 0 Å². The zero-order valence-electron chi connectivity index (χ0n) is 20.8. The first kappa shape index (κ1) is 25.5. The molecule has 3 heterocycles. The van der Waals surface area contributed by atoms with Gasteiger partial charge in [0.1, 0.15) is 5.69 Å². The highest BCUT2D eigenvalue weighted by atomic mass is 35.5. The Labute approximate surface area is 225 Å². The van der Waals surface area contributed by atoms with E-state index in [1.54, 1.807) is 18.2 Å². The van der Waals surface area contributed by atoms with E-state index in [4.69, 9.17) is 32.6 Å². The Morgan fingerprint density at radius 1 is 1.05 bits per heavy atom. The fraction of sp³-hybridized carbons (Fsp3) is 0.276. The largest absolute Gasteiger partial charge is 0.432 e. The highest BCUT2D eigenvalue weighted by Gasteiger charge is 2.33. The van der Waals surface area contributed by atoms with Crippen molar-refractivity contribution in [2.24, 2.45) is 5.41 Å². The van der Waals surface area contributed by atoms with Crippen molar-refractivity contribution in [3.8, 4) is 22.4 Å². The molecule has 4 aromatic rings. The van der Waals surface area contributed by atoms with Crippen molar-refractivity contribution in [3.63, 3.8) is 0 Å². The lowest BCUT2D eigenvalue weighted by atomic mass is 9.88. The van der Waals surface area contributed by atoms with Gasteiger partial charge in [0.15, 0.2) is 5.76 Å². The summed E-state index contributed by atoms with van der Waals surface area (Å²) >= 11 is 12.7. The van der Waals surface area contributed by atoms with Gasteiger partial charge in [0, 0.05) is 26.6 Å². The Balaban J connectivity index is 1.76. The summed E-state index contributed by atoms with van der Waals surface area (Å²) in [5.74, 6) is -0.349. The van der Waals surface area contributed by atoms with E-state index in [-0.39, 0.29) is 29.2 Å². The van der Waals surface area contributed by atoms with Crippen molar-refractivity contribution in [2.45, 2.75) is 39.7 Å². The van der Waals surface area contributed by atoms with Gasteiger partial charge in [-0.3, -0.25) is 9.59 Å². The van der Waals surface area contributed by atoms with Gasteiger partial charge in [-0.05, 0) is 49.2 Å². The first-order chi connectivity index (χ1) is 17.6. The molecular formula is C29H27Cl2N3O3. The third kappa shape index (κ3) is 5.01. The van der Waals surface area contributed by atoms with Crippen LogP contribution in [0.25, 0.3) is 33.5 Å². The number of ketones is 1. The third-order valence-electron chi connectivity index (χ3n) is 6.48. The van der Waals surface area contributed by atoms with Gasteiger partial charge in [-0.25, -0.2) is 4.98 Å². The highest BCUT2D eigenvalue weighted by molar-refractivity contribution is 6.33. The molecule has 0 bridgehead atoms. The average molecular weight is 536 g/mol. The lowest BCUT2D eigenvalue weighted by Gasteiger charge is -2.16. The number of nitrogens with zero attached hydrogens (tertiary/aromatic N) is 1. The number of amides is 1. The van der Waals surface area contributed by atoms with Crippen molar-refractivity contribution in [1.82, 2.24) is 10.3 Å². The number of anilines is 1. The van der Waals surface area contributed by atoms with Gasteiger partial charge in [0.2, 0.25) is 17.4 Å². The molecule has 1 fully saturated rings. The van der Waals surface area contributed by atoms with Crippen molar-refractivity contribution in [3.05, 3.63) is 70.4 Å². The number of nitrogens with one attached hydrogen (secondary N) is 2. The minimum atomic E-state index is -0.733. The Morgan fingerprint density at radius 3 is 2.43 bits per heavy atom. The van der Waals surface area contributed by atoms with E-state index in [9.17, 15) is 9.59 Å². The number of pyridine rings is 1. The minimum Gasteiger partial charge on any atom is -0.432 e. The maximum absolute atomic E-state index is 13.4. The van der Waals surface area contributed by atoms with Crippen LogP contribution in [0.3, 0.4) is 0 Å². The Morgan fingerprint density at radius 2 is 1.78 bits per heavy atom. The molecular weight excluding hydrogens is 509 g/mol.